The molecule has 94 valence electrons. The van der Waals surface area contributed by atoms with Crippen molar-refractivity contribution in [1.82, 2.24) is 10.3 Å². The number of nitrogens with zero attached hydrogens (tertiary/aromatic N) is 1. The number of halogens is 2. The summed E-state index contributed by atoms with van der Waals surface area (Å²) in [5.41, 5.74) is -0.302. The van der Waals surface area contributed by atoms with Crippen molar-refractivity contribution in [3.63, 3.8) is 0 Å². The van der Waals surface area contributed by atoms with E-state index in [4.69, 9.17) is 0 Å². The highest BCUT2D eigenvalue weighted by molar-refractivity contribution is 5.94. The van der Waals surface area contributed by atoms with Gasteiger partial charge in [0.05, 0.1) is 5.56 Å². The maximum atomic E-state index is 13.2. The maximum Gasteiger partial charge on any atom is 0.254 e. The van der Waals surface area contributed by atoms with Gasteiger partial charge in [-0.3, -0.25) is 4.79 Å². The molecule has 3 nitrogen and oxygen atoms in total. The first-order chi connectivity index (χ1) is 8.10. The Bertz CT molecular complexity index is 392. The molecule has 0 spiro atoms. The molecule has 5 heteroatoms. The number of hydrogen-bond donors (Lipinski definition) is 1. The van der Waals surface area contributed by atoms with Gasteiger partial charge in [-0.15, -0.1) is 0 Å². The zero-order valence-corrected chi connectivity index (χ0v) is 9.96. The van der Waals surface area contributed by atoms with Crippen molar-refractivity contribution in [2.24, 2.45) is 5.92 Å². The van der Waals surface area contributed by atoms with Crippen LogP contribution < -0.4 is 5.32 Å². The first kappa shape index (κ1) is 13.5. The molecule has 0 aliphatic heterocycles. The lowest BCUT2D eigenvalue weighted by Crippen LogP contribution is -2.29. The van der Waals surface area contributed by atoms with E-state index < -0.39 is 17.7 Å². The Morgan fingerprint density at radius 1 is 1.41 bits per heavy atom. The van der Waals surface area contributed by atoms with Crippen molar-refractivity contribution >= 4 is 5.91 Å². The summed E-state index contributed by atoms with van der Waals surface area (Å²) in [7, 11) is 0. The van der Waals surface area contributed by atoms with Crippen LogP contribution in [0.3, 0.4) is 0 Å². The zero-order valence-electron chi connectivity index (χ0n) is 9.96. The van der Waals surface area contributed by atoms with Gasteiger partial charge in [0.25, 0.3) is 5.91 Å². The molecule has 0 atom stereocenters. The molecule has 17 heavy (non-hydrogen) atoms. The van der Waals surface area contributed by atoms with Crippen LogP contribution >= 0.6 is 0 Å². The molecule has 1 heterocycles. The van der Waals surface area contributed by atoms with Crippen LogP contribution in [0.5, 0.6) is 0 Å². The molecule has 0 aromatic carbocycles. The quantitative estimate of drug-likeness (QED) is 0.806. The average Bonchev–Trinajstić information content (AvgIpc) is 2.33. The number of carbonyl (C=O) groups is 1. The lowest BCUT2D eigenvalue weighted by atomic mass is 10.0. The molecular weight excluding hydrogens is 226 g/mol. The Hall–Kier alpha value is -1.52. The van der Waals surface area contributed by atoms with Gasteiger partial charge < -0.3 is 5.32 Å². The number of pyridine rings is 1. The second-order valence-corrected chi connectivity index (χ2v) is 3.86. The first-order valence-electron chi connectivity index (χ1n) is 5.68. The van der Waals surface area contributed by atoms with E-state index in [2.05, 4.69) is 10.3 Å². The van der Waals surface area contributed by atoms with E-state index >= 15 is 0 Å². The number of aromatic nitrogens is 1. The smallest absolute Gasteiger partial charge is 0.254 e. The fourth-order valence-electron chi connectivity index (χ4n) is 1.50. The Kier molecular flexibility index (Phi) is 5.00. The Labute approximate surface area is 99.2 Å². The largest absolute Gasteiger partial charge is 0.352 e. The van der Waals surface area contributed by atoms with Crippen molar-refractivity contribution in [3.05, 3.63) is 29.6 Å². The molecule has 0 radical (unpaired) electrons. The topological polar surface area (TPSA) is 42.0 Å². The van der Waals surface area contributed by atoms with Gasteiger partial charge in [0.15, 0.2) is 5.82 Å². The Balaban J connectivity index is 2.67. The van der Waals surface area contributed by atoms with Crippen LogP contribution in [0.15, 0.2) is 12.3 Å². The second-order valence-electron chi connectivity index (χ2n) is 3.86. The molecule has 0 aliphatic rings. The predicted molar refractivity (Wildman–Crippen MR) is 60.6 cm³/mol. The minimum Gasteiger partial charge on any atom is -0.352 e. The van der Waals surface area contributed by atoms with Crippen molar-refractivity contribution in [2.45, 2.75) is 26.7 Å². The highest BCUT2D eigenvalue weighted by Gasteiger charge is 2.16. The highest BCUT2D eigenvalue weighted by atomic mass is 19.2. The Morgan fingerprint density at radius 3 is 2.65 bits per heavy atom. The van der Waals surface area contributed by atoms with Gasteiger partial charge in [-0.05, 0) is 12.0 Å². The number of rotatable bonds is 5. The summed E-state index contributed by atoms with van der Waals surface area (Å²) in [6, 6.07) is 1.17. The van der Waals surface area contributed by atoms with E-state index in [1.165, 1.54) is 6.07 Å². The molecule has 0 saturated heterocycles. The summed E-state index contributed by atoms with van der Waals surface area (Å²) in [6.45, 7) is 4.51. The highest BCUT2D eigenvalue weighted by Crippen LogP contribution is 2.10. The molecule has 0 bridgehead atoms. The fraction of sp³-hybridized carbons (Fsp3) is 0.500. The summed E-state index contributed by atoms with van der Waals surface area (Å²) in [6.07, 6.45) is 2.94. The fourth-order valence-corrected chi connectivity index (χ4v) is 1.50. The van der Waals surface area contributed by atoms with E-state index in [1.807, 2.05) is 13.8 Å². The van der Waals surface area contributed by atoms with E-state index in [-0.39, 0.29) is 5.56 Å². The molecule has 0 unspecified atom stereocenters. The van der Waals surface area contributed by atoms with E-state index in [1.54, 1.807) is 0 Å². The van der Waals surface area contributed by atoms with Gasteiger partial charge in [0.2, 0.25) is 5.95 Å². The second kappa shape index (κ2) is 6.27. The summed E-state index contributed by atoms with van der Waals surface area (Å²) < 4.78 is 26.0. The zero-order chi connectivity index (χ0) is 12.8. The van der Waals surface area contributed by atoms with E-state index in [9.17, 15) is 13.6 Å². The number of hydrogen-bond acceptors (Lipinski definition) is 2. The summed E-state index contributed by atoms with van der Waals surface area (Å²) >= 11 is 0. The van der Waals surface area contributed by atoms with Crippen LogP contribution in [0.2, 0.25) is 0 Å². The molecule has 1 N–H and O–H groups in total. The van der Waals surface area contributed by atoms with Gasteiger partial charge in [-0.2, -0.15) is 4.39 Å². The number of amides is 1. The molecule has 1 amide bonds. The summed E-state index contributed by atoms with van der Waals surface area (Å²) in [5, 5.41) is 2.60. The van der Waals surface area contributed by atoms with Crippen LogP contribution in [0.25, 0.3) is 0 Å². The SMILES string of the molecule is CCC(CC)CNC(=O)c1ccnc(F)c1F. The molecule has 1 aromatic rings. The number of nitrogens with one attached hydrogen (secondary N) is 1. The lowest BCUT2D eigenvalue weighted by Gasteiger charge is -2.13. The Morgan fingerprint density at radius 2 is 2.06 bits per heavy atom. The molecule has 0 aliphatic carbocycles. The van der Waals surface area contributed by atoms with Crippen LogP contribution in [-0.4, -0.2) is 17.4 Å². The van der Waals surface area contributed by atoms with Crippen LogP contribution in [-0.2, 0) is 0 Å². The van der Waals surface area contributed by atoms with Gasteiger partial charge in [0.1, 0.15) is 0 Å². The third-order valence-electron chi connectivity index (χ3n) is 2.80. The van der Waals surface area contributed by atoms with Crippen LogP contribution in [0.4, 0.5) is 8.78 Å². The van der Waals surface area contributed by atoms with Crippen molar-refractivity contribution in [3.8, 4) is 0 Å². The van der Waals surface area contributed by atoms with Gasteiger partial charge in [-0.1, -0.05) is 26.7 Å². The molecule has 0 saturated carbocycles. The van der Waals surface area contributed by atoms with E-state index in [0.717, 1.165) is 19.0 Å². The normalized spacial score (nSPS) is 10.6. The predicted octanol–water partition coefficient (Wildman–Crippen LogP) is 2.53. The van der Waals surface area contributed by atoms with Crippen molar-refractivity contribution in [1.29, 1.82) is 0 Å². The van der Waals surface area contributed by atoms with Gasteiger partial charge in [0, 0.05) is 12.7 Å². The third-order valence-corrected chi connectivity index (χ3v) is 2.80. The number of carbonyl (C=O) groups excluding carboxylic acids is 1. The van der Waals surface area contributed by atoms with Gasteiger partial charge in [-0.25, -0.2) is 9.37 Å². The third kappa shape index (κ3) is 3.47. The lowest BCUT2D eigenvalue weighted by molar-refractivity contribution is 0.0941. The monoisotopic (exact) mass is 242 g/mol. The maximum absolute atomic E-state index is 13.2. The minimum atomic E-state index is -1.25. The summed E-state index contributed by atoms with van der Waals surface area (Å²) in [4.78, 5) is 14.7. The van der Waals surface area contributed by atoms with Crippen molar-refractivity contribution in [2.75, 3.05) is 6.54 Å². The molecule has 1 aromatic heterocycles. The molecular formula is C12H16F2N2O. The minimum absolute atomic E-state index is 0.302. The van der Waals surface area contributed by atoms with Crippen LogP contribution in [0, 0.1) is 17.7 Å². The first-order valence-corrected chi connectivity index (χ1v) is 5.68. The summed E-state index contributed by atoms with van der Waals surface area (Å²) in [5.74, 6) is -2.70. The van der Waals surface area contributed by atoms with E-state index in [0.29, 0.717) is 12.5 Å². The molecule has 1 rings (SSSR count). The average molecular weight is 242 g/mol. The standard InChI is InChI=1S/C12H16F2N2O/c1-3-8(4-2)7-16-12(17)9-5-6-15-11(14)10(9)13/h5-6,8H,3-4,7H2,1-2H3,(H,16,17). The molecule has 0 fully saturated rings. The van der Waals surface area contributed by atoms with Crippen LogP contribution in [0.1, 0.15) is 37.0 Å². The van der Waals surface area contributed by atoms with Crippen molar-refractivity contribution < 1.29 is 13.6 Å². The van der Waals surface area contributed by atoms with Gasteiger partial charge >= 0.3 is 0 Å².